The van der Waals surface area contributed by atoms with E-state index in [0.717, 1.165) is 30.1 Å². The highest BCUT2D eigenvalue weighted by Crippen LogP contribution is 2.26. The summed E-state index contributed by atoms with van der Waals surface area (Å²) >= 11 is 0. The van der Waals surface area contributed by atoms with Crippen LogP contribution in [0.2, 0.25) is 0 Å². The molecule has 0 aromatic carbocycles. The van der Waals surface area contributed by atoms with Gasteiger partial charge in [0.05, 0.1) is 12.8 Å². The Kier molecular flexibility index (Phi) is 4.44. The van der Waals surface area contributed by atoms with Gasteiger partial charge in [0.2, 0.25) is 0 Å². The van der Waals surface area contributed by atoms with E-state index in [1.165, 1.54) is 0 Å². The third kappa shape index (κ3) is 2.70. The standard InChI is InChI=1S/C14H23N5O/c1-4-14(5-2,10-20)9-17-12-13-16-6-7-19(13)8-11(15-3)18-12/h6-8,15,20H,4-5,9-10H2,1-3H3,(H,17,18). The zero-order valence-corrected chi connectivity index (χ0v) is 12.3. The maximum atomic E-state index is 9.63. The van der Waals surface area contributed by atoms with Gasteiger partial charge < -0.3 is 20.1 Å². The molecule has 2 heterocycles. The molecule has 0 aliphatic heterocycles. The van der Waals surface area contributed by atoms with E-state index in [1.807, 2.05) is 23.8 Å². The summed E-state index contributed by atoms with van der Waals surface area (Å²) in [6.07, 6.45) is 7.38. The first-order valence-electron chi connectivity index (χ1n) is 7.04. The molecule has 110 valence electrons. The van der Waals surface area contributed by atoms with Crippen LogP contribution in [0.25, 0.3) is 5.65 Å². The highest BCUT2D eigenvalue weighted by atomic mass is 16.3. The summed E-state index contributed by atoms with van der Waals surface area (Å²) in [6, 6.07) is 0. The zero-order valence-electron chi connectivity index (χ0n) is 12.3. The van der Waals surface area contributed by atoms with Gasteiger partial charge in [-0.2, -0.15) is 0 Å². The largest absolute Gasteiger partial charge is 0.396 e. The van der Waals surface area contributed by atoms with E-state index >= 15 is 0 Å². The number of nitrogens with one attached hydrogen (secondary N) is 2. The predicted octanol–water partition coefficient (Wildman–Crippen LogP) is 1.98. The van der Waals surface area contributed by atoms with Crippen molar-refractivity contribution in [3.63, 3.8) is 0 Å². The minimum Gasteiger partial charge on any atom is -0.396 e. The molecule has 0 spiro atoms. The average molecular weight is 277 g/mol. The number of aromatic nitrogens is 3. The summed E-state index contributed by atoms with van der Waals surface area (Å²) in [7, 11) is 1.84. The lowest BCUT2D eigenvalue weighted by atomic mass is 9.83. The summed E-state index contributed by atoms with van der Waals surface area (Å²) in [5, 5.41) is 16.0. The van der Waals surface area contributed by atoms with Crippen LogP contribution in [0.15, 0.2) is 18.6 Å². The Balaban J connectivity index is 2.26. The van der Waals surface area contributed by atoms with E-state index in [0.29, 0.717) is 6.54 Å². The Labute approximate surface area is 119 Å². The Bertz CT molecular complexity index is 553. The Morgan fingerprint density at radius 2 is 2.10 bits per heavy atom. The molecule has 2 aromatic heterocycles. The maximum absolute atomic E-state index is 9.63. The second kappa shape index (κ2) is 6.09. The van der Waals surface area contributed by atoms with Crippen molar-refractivity contribution in [2.45, 2.75) is 26.7 Å². The first-order valence-corrected chi connectivity index (χ1v) is 7.04. The molecule has 0 unspecified atom stereocenters. The van der Waals surface area contributed by atoms with Crippen LogP contribution in [-0.2, 0) is 0 Å². The lowest BCUT2D eigenvalue weighted by molar-refractivity contribution is 0.127. The van der Waals surface area contributed by atoms with Crippen LogP contribution in [0.4, 0.5) is 11.6 Å². The highest BCUT2D eigenvalue weighted by Gasteiger charge is 2.25. The molecule has 0 atom stereocenters. The number of hydrogen-bond acceptors (Lipinski definition) is 5. The van der Waals surface area contributed by atoms with Crippen molar-refractivity contribution in [1.82, 2.24) is 14.4 Å². The van der Waals surface area contributed by atoms with E-state index in [1.54, 1.807) is 6.20 Å². The molecule has 0 saturated heterocycles. The number of nitrogens with zero attached hydrogens (tertiary/aromatic N) is 3. The second-order valence-electron chi connectivity index (χ2n) is 5.10. The van der Waals surface area contributed by atoms with Crippen LogP contribution in [0.1, 0.15) is 26.7 Å². The first kappa shape index (κ1) is 14.6. The molecular weight excluding hydrogens is 254 g/mol. The number of hydrogen-bond donors (Lipinski definition) is 3. The van der Waals surface area contributed by atoms with Crippen molar-refractivity contribution >= 4 is 17.3 Å². The van der Waals surface area contributed by atoms with Crippen molar-refractivity contribution in [2.75, 3.05) is 30.8 Å². The minimum absolute atomic E-state index is 0.110. The summed E-state index contributed by atoms with van der Waals surface area (Å²) < 4.78 is 1.93. The van der Waals surface area contributed by atoms with Crippen molar-refractivity contribution in [1.29, 1.82) is 0 Å². The summed E-state index contributed by atoms with van der Waals surface area (Å²) in [5.74, 6) is 1.52. The molecule has 0 amide bonds. The van der Waals surface area contributed by atoms with E-state index in [4.69, 9.17) is 0 Å². The van der Waals surface area contributed by atoms with Crippen molar-refractivity contribution in [3.05, 3.63) is 18.6 Å². The molecule has 0 bridgehead atoms. The van der Waals surface area contributed by atoms with Gasteiger partial charge in [0.25, 0.3) is 0 Å². The lowest BCUT2D eigenvalue weighted by Gasteiger charge is -2.29. The number of anilines is 2. The number of rotatable bonds is 7. The number of fused-ring (bicyclic) bond motifs is 1. The van der Waals surface area contributed by atoms with Crippen LogP contribution < -0.4 is 10.6 Å². The monoisotopic (exact) mass is 277 g/mol. The Morgan fingerprint density at radius 1 is 1.35 bits per heavy atom. The maximum Gasteiger partial charge on any atom is 0.180 e. The van der Waals surface area contributed by atoms with Gasteiger partial charge in [-0.15, -0.1) is 0 Å². The van der Waals surface area contributed by atoms with E-state index in [2.05, 4.69) is 34.4 Å². The van der Waals surface area contributed by atoms with E-state index in [9.17, 15) is 5.11 Å². The Hall–Kier alpha value is -1.82. The SMILES string of the molecule is CCC(CC)(CO)CNc1nc(NC)cn2ccnc12. The zero-order chi connectivity index (χ0) is 14.6. The Morgan fingerprint density at radius 3 is 2.70 bits per heavy atom. The third-order valence-corrected chi connectivity index (χ3v) is 4.10. The molecule has 2 aromatic rings. The molecule has 6 heteroatoms. The van der Waals surface area contributed by atoms with Crippen LogP contribution in [0, 0.1) is 5.41 Å². The fourth-order valence-corrected chi connectivity index (χ4v) is 2.22. The van der Waals surface area contributed by atoms with Gasteiger partial charge in [-0.25, -0.2) is 9.97 Å². The summed E-state index contributed by atoms with van der Waals surface area (Å²) in [6.45, 7) is 5.05. The van der Waals surface area contributed by atoms with Gasteiger partial charge in [0, 0.05) is 31.4 Å². The van der Waals surface area contributed by atoms with E-state index in [-0.39, 0.29) is 12.0 Å². The van der Waals surface area contributed by atoms with Crippen molar-refractivity contribution < 1.29 is 5.11 Å². The van der Waals surface area contributed by atoms with Crippen LogP contribution in [-0.4, -0.2) is 39.7 Å². The lowest BCUT2D eigenvalue weighted by Crippen LogP contribution is -2.32. The van der Waals surface area contributed by atoms with Gasteiger partial charge >= 0.3 is 0 Å². The number of imidazole rings is 1. The average Bonchev–Trinajstić information content (AvgIpc) is 2.97. The third-order valence-electron chi connectivity index (χ3n) is 4.10. The molecule has 6 nitrogen and oxygen atoms in total. The first-order chi connectivity index (χ1) is 9.68. The van der Waals surface area contributed by atoms with Crippen molar-refractivity contribution in [3.8, 4) is 0 Å². The molecule has 0 aliphatic rings. The molecule has 0 fully saturated rings. The number of aliphatic hydroxyl groups excluding tert-OH is 1. The number of aliphatic hydroxyl groups is 1. The summed E-state index contributed by atoms with van der Waals surface area (Å²) in [4.78, 5) is 8.83. The van der Waals surface area contributed by atoms with Gasteiger partial charge in [0.15, 0.2) is 11.5 Å². The normalized spacial score (nSPS) is 11.8. The molecule has 0 radical (unpaired) electrons. The molecule has 0 saturated carbocycles. The van der Waals surface area contributed by atoms with Gasteiger partial charge in [-0.05, 0) is 12.8 Å². The quantitative estimate of drug-likeness (QED) is 0.721. The van der Waals surface area contributed by atoms with Crippen LogP contribution in [0.5, 0.6) is 0 Å². The van der Waals surface area contributed by atoms with Crippen molar-refractivity contribution in [2.24, 2.45) is 5.41 Å². The minimum atomic E-state index is -0.110. The molecular formula is C14H23N5O. The summed E-state index contributed by atoms with van der Waals surface area (Å²) in [5.41, 5.74) is 0.684. The van der Waals surface area contributed by atoms with Crippen LogP contribution >= 0.6 is 0 Å². The van der Waals surface area contributed by atoms with Gasteiger partial charge in [0.1, 0.15) is 5.82 Å². The van der Waals surface area contributed by atoms with Gasteiger partial charge in [-0.3, -0.25) is 0 Å². The molecule has 20 heavy (non-hydrogen) atoms. The van der Waals surface area contributed by atoms with E-state index < -0.39 is 0 Å². The van der Waals surface area contributed by atoms with Gasteiger partial charge in [-0.1, -0.05) is 13.8 Å². The second-order valence-corrected chi connectivity index (χ2v) is 5.10. The fraction of sp³-hybridized carbons (Fsp3) is 0.571. The highest BCUT2D eigenvalue weighted by molar-refractivity contribution is 5.65. The predicted molar refractivity (Wildman–Crippen MR) is 81.1 cm³/mol. The molecule has 0 aliphatic carbocycles. The topological polar surface area (TPSA) is 74.5 Å². The fourth-order valence-electron chi connectivity index (χ4n) is 2.22. The molecule has 3 N–H and O–H groups in total. The molecule has 2 rings (SSSR count). The smallest absolute Gasteiger partial charge is 0.180 e. The van der Waals surface area contributed by atoms with Crippen LogP contribution in [0.3, 0.4) is 0 Å².